The topological polar surface area (TPSA) is 29.3 Å². The maximum atomic E-state index is 5.99. The number of nitrogens with zero attached hydrogens (tertiary/aromatic N) is 1. The molecule has 13 heavy (non-hydrogen) atoms. The summed E-state index contributed by atoms with van der Waals surface area (Å²) in [5.74, 6) is 0. The lowest BCUT2D eigenvalue weighted by molar-refractivity contribution is 0.0938. The molecule has 1 unspecified atom stereocenters. The molecule has 2 fully saturated rings. The number of rotatable bonds is 1. The smallest absolute Gasteiger partial charge is 0.0116 e. The lowest BCUT2D eigenvalue weighted by Gasteiger charge is -2.40. The summed E-state index contributed by atoms with van der Waals surface area (Å²) in [6.45, 7) is 4.62. The summed E-state index contributed by atoms with van der Waals surface area (Å²) in [6.07, 6.45) is 5.23. The fraction of sp³-hybridized carbons (Fsp3) is 1.00. The van der Waals surface area contributed by atoms with E-state index in [1.165, 1.54) is 25.7 Å². The summed E-state index contributed by atoms with van der Waals surface area (Å²) in [6, 6.07) is 2.81. The van der Waals surface area contributed by atoms with Crippen LogP contribution in [0, 0.1) is 0 Å². The van der Waals surface area contributed by atoms with E-state index in [1.54, 1.807) is 0 Å². The maximum Gasteiger partial charge on any atom is 0.0116 e. The third kappa shape index (κ3) is 2.00. The molecule has 2 bridgehead atoms. The molecule has 0 aromatic carbocycles. The second kappa shape index (κ2) is 4.16. The largest absolute Gasteiger partial charge is 0.328 e. The molecule has 2 rings (SSSR count). The van der Waals surface area contributed by atoms with Gasteiger partial charge in [-0.1, -0.05) is 0 Å². The molecule has 0 aromatic rings. The average molecular weight is 205 g/mol. The van der Waals surface area contributed by atoms with Crippen molar-refractivity contribution < 1.29 is 0 Å². The monoisotopic (exact) mass is 204 g/mol. The Kier molecular flexibility index (Phi) is 3.61. The number of hydrogen-bond donors (Lipinski definition) is 1. The first-order valence-corrected chi connectivity index (χ1v) is 5.21. The Morgan fingerprint density at radius 3 is 2.00 bits per heavy atom. The van der Waals surface area contributed by atoms with E-state index < -0.39 is 0 Å². The molecule has 3 heteroatoms. The van der Waals surface area contributed by atoms with E-state index >= 15 is 0 Å². The molecule has 2 aliphatic rings. The van der Waals surface area contributed by atoms with E-state index in [0.717, 1.165) is 18.1 Å². The van der Waals surface area contributed by atoms with E-state index in [-0.39, 0.29) is 12.4 Å². The van der Waals surface area contributed by atoms with E-state index in [9.17, 15) is 0 Å². The van der Waals surface area contributed by atoms with E-state index in [2.05, 4.69) is 18.7 Å². The second-order valence-corrected chi connectivity index (χ2v) is 4.66. The zero-order chi connectivity index (χ0) is 8.72. The highest BCUT2D eigenvalue weighted by Crippen LogP contribution is 2.36. The summed E-state index contributed by atoms with van der Waals surface area (Å²) in [4.78, 5) is 2.68. The molecule has 0 amide bonds. The van der Waals surface area contributed by atoms with Gasteiger partial charge in [-0.25, -0.2) is 0 Å². The van der Waals surface area contributed by atoms with Crippen LogP contribution in [0.25, 0.3) is 0 Å². The Labute approximate surface area is 87.3 Å². The van der Waals surface area contributed by atoms with Crippen molar-refractivity contribution in [2.75, 3.05) is 0 Å². The molecule has 0 aliphatic carbocycles. The van der Waals surface area contributed by atoms with Gasteiger partial charge >= 0.3 is 0 Å². The summed E-state index contributed by atoms with van der Waals surface area (Å²) in [7, 11) is 0. The number of fused-ring (bicyclic) bond motifs is 2. The number of halogens is 1. The predicted octanol–water partition coefficient (Wildman–Crippen LogP) is 1.77. The van der Waals surface area contributed by atoms with Crippen LogP contribution in [0.3, 0.4) is 0 Å². The number of piperidine rings is 1. The summed E-state index contributed by atoms with van der Waals surface area (Å²) in [5.41, 5.74) is 5.99. The van der Waals surface area contributed by atoms with Gasteiger partial charge in [0.1, 0.15) is 0 Å². The third-order valence-electron chi connectivity index (χ3n) is 3.42. The van der Waals surface area contributed by atoms with Gasteiger partial charge in [0, 0.05) is 24.2 Å². The van der Waals surface area contributed by atoms with Gasteiger partial charge in [-0.2, -0.15) is 0 Å². The molecule has 2 heterocycles. The van der Waals surface area contributed by atoms with Crippen LogP contribution >= 0.6 is 12.4 Å². The Balaban J connectivity index is 0.000000845. The van der Waals surface area contributed by atoms with Crippen LogP contribution in [0.15, 0.2) is 0 Å². The SMILES string of the molecule is CC(C)N1[C@@H]2CC[C@H]1CC(N)C2.Cl. The highest BCUT2D eigenvalue weighted by atomic mass is 35.5. The van der Waals surface area contributed by atoms with Crippen molar-refractivity contribution in [2.24, 2.45) is 5.73 Å². The van der Waals surface area contributed by atoms with E-state index in [4.69, 9.17) is 5.73 Å². The predicted molar refractivity (Wildman–Crippen MR) is 58.2 cm³/mol. The fourth-order valence-corrected chi connectivity index (χ4v) is 3.10. The van der Waals surface area contributed by atoms with E-state index in [0.29, 0.717) is 6.04 Å². The third-order valence-corrected chi connectivity index (χ3v) is 3.42. The molecule has 2 nitrogen and oxygen atoms in total. The first-order valence-electron chi connectivity index (χ1n) is 5.21. The number of hydrogen-bond acceptors (Lipinski definition) is 2. The van der Waals surface area contributed by atoms with Gasteiger partial charge in [-0.3, -0.25) is 4.90 Å². The zero-order valence-electron chi connectivity index (χ0n) is 8.57. The van der Waals surface area contributed by atoms with Crippen LogP contribution in [0.4, 0.5) is 0 Å². The van der Waals surface area contributed by atoms with Crippen molar-refractivity contribution in [2.45, 2.75) is 63.7 Å². The molecule has 2 saturated heterocycles. The quantitative estimate of drug-likeness (QED) is 0.706. The van der Waals surface area contributed by atoms with Gasteiger partial charge in [0.2, 0.25) is 0 Å². The van der Waals surface area contributed by atoms with Crippen molar-refractivity contribution in [3.8, 4) is 0 Å². The molecule has 3 atom stereocenters. The normalized spacial score (nSPS) is 39.2. The average Bonchev–Trinajstić information content (AvgIpc) is 2.24. The molecular formula is C10H21ClN2. The molecule has 2 N–H and O–H groups in total. The lowest BCUT2D eigenvalue weighted by Crippen LogP contribution is -2.50. The van der Waals surface area contributed by atoms with Crippen molar-refractivity contribution >= 4 is 12.4 Å². The Morgan fingerprint density at radius 2 is 1.62 bits per heavy atom. The van der Waals surface area contributed by atoms with Gasteiger partial charge in [-0.15, -0.1) is 12.4 Å². The van der Waals surface area contributed by atoms with Crippen LogP contribution < -0.4 is 5.73 Å². The van der Waals surface area contributed by atoms with Crippen molar-refractivity contribution in [3.05, 3.63) is 0 Å². The minimum absolute atomic E-state index is 0. The molecule has 0 aromatic heterocycles. The minimum atomic E-state index is 0. The van der Waals surface area contributed by atoms with Gasteiger partial charge in [0.15, 0.2) is 0 Å². The van der Waals surface area contributed by atoms with Crippen LogP contribution in [0.1, 0.15) is 39.5 Å². The molecule has 0 saturated carbocycles. The lowest BCUT2D eigenvalue weighted by atomic mass is 9.97. The van der Waals surface area contributed by atoms with Crippen LogP contribution in [-0.2, 0) is 0 Å². The first kappa shape index (κ1) is 11.3. The number of nitrogens with two attached hydrogens (primary N) is 1. The Hall–Kier alpha value is 0.210. The van der Waals surface area contributed by atoms with Gasteiger partial charge < -0.3 is 5.73 Å². The second-order valence-electron chi connectivity index (χ2n) is 4.66. The fourth-order valence-electron chi connectivity index (χ4n) is 3.10. The molecule has 78 valence electrons. The molecule has 2 aliphatic heterocycles. The maximum absolute atomic E-state index is 5.99. The Bertz CT molecular complexity index is 158. The van der Waals surface area contributed by atoms with Gasteiger partial charge in [-0.05, 0) is 39.5 Å². The minimum Gasteiger partial charge on any atom is -0.328 e. The summed E-state index contributed by atoms with van der Waals surface area (Å²) in [5, 5.41) is 0. The standard InChI is InChI=1S/C10H20N2.ClH/c1-7(2)12-9-3-4-10(12)6-8(11)5-9;/h7-10H,3-6,11H2,1-2H3;1H/t8?,9-,10+;. The summed E-state index contributed by atoms with van der Waals surface area (Å²) < 4.78 is 0. The van der Waals surface area contributed by atoms with Crippen LogP contribution in [0.2, 0.25) is 0 Å². The van der Waals surface area contributed by atoms with Crippen molar-refractivity contribution in [1.82, 2.24) is 4.90 Å². The van der Waals surface area contributed by atoms with Crippen molar-refractivity contribution in [3.63, 3.8) is 0 Å². The molecular weight excluding hydrogens is 184 g/mol. The van der Waals surface area contributed by atoms with Gasteiger partial charge in [0.05, 0.1) is 0 Å². The van der Waals surface area contributed by atoms with Crippen LogP contribution in [0.5, 0.6) is 0 Å². The molecule has 0 spiro atoms. The highest BCUT2D eigenvalue weighted by Gasteiger charge is 2.40. The highest BCUT2D eigenvalue weighted by molar-refractivity contribution is 5.85. The molecule has 0 radical (unpaired) electrons. The van der Waals surface area contributed by atoms with Crippen LogP contribution in [-0.4, -0.2) is 29.1 Å². The first-order chi connectivity index (χ1) is 5.68. The van der Waals surface area contributed by atoms with Gasteiger partial charge in [0.25, 0.3) is 0 Å². The zero-order valence-corrected chi connectivity index (χ0v) is 9.39. The van der Waals surface area contributed by atoms with E-state index in [1.807, 2.05) is 0 Å². The van der Waals surface area contributed by atoms with Crippen molar-refractivity contribution in [1.29, 1.82) is 0 Å². The summed E-state index contributed by atoms with van der Waals surface area (Å²) >= 11 is 0. The Morgan fingerprint density at radius 1 is 1.15 bits per heavy atom.